The Morgan fingerprint density at radius 1 is 1.15 bits per heavy atom. The van der Waals surface area contributed by atoms with E-state index in [1.165, 1.54) is 28.2 Å². The molecule has 3 rings (SSSR count). The zero-order chi connectivity index (χ0) is 18.4. The zero-order valence-corrected chi connectivity index (χ0v) is 15.3. The van der Waals surface area contributed by atoms with Gasteiger partial charge in [0.25, 0.3) is 5.91 Å². The standard InChI is InChI=1S/C21H23N3O2.H2O/c1-15-18(19-8-4-5-9-20(19)23-15)12-13-22-14-17-7-3-2-6-16(17)10-11-21(25)24-26;/h2-11,22-23,26H,12-14H2,1H3,(H,24,25);1H2/b11-10+;. The molecular formula is C21H25N3O3. The van der Waals surface area contributed by atoms with Gasteiger partial charge in [-0.25, -0.2) is 5.48 Å². The van der Waals surface area contributed by atoms with E-state index in [0.717, 1.165) is 24.1 Å². The highest BCUT2D eigenvalue weighted by molar-refractivity contribution is 5.91. The number of aromatic amines is 1. The van der Waals surface area contributed by atoms with Gasteiger partial charge in [0.15, 0.2) is 0 Å². The molecule has 0 saturated carbocycles. The predicted octanol–water partition coefficient (Wildman–Crippen LogP) is 2.50. The van der Waals surface area contributed by atoms with Gasteiger partial charge in [-0.1, -0.05) is 42.5 Å². The molecule has 0 unspecified atom stereocenters. The van der Waals surface area contributed by atoms with Crippen molar-refractivity contribution in [2.24, 2.45) is 0 Å². The van der Waals surface area contributed by atoms with Crippen molar-refractivity contribution in [1.82, 2.24) is 15.8 Å². The average Bonchev–Trinajstić information content (AvgIpc) is 2.99. The van der Waals surface area contributed by atoms with E-state index in [-0.39, 0.29) is 5.48 Å². The smallest absolute Gasteiger partial charge is 0.267 e. The summed E-state index contributed by atoms with van der Waals surface area (Å²) in [7, 11) is 0. The fourth-order valence-electron chi connectivity index (χ4n) is 3.15. The van der Waals surface area contributed by atoms with Gasteiger partial charge in [0.1, 0.15) is 0 Å². The number of hydrogen-bond acceptors (Lipinski definition) is 3. The normalized spacial score (nSPS) is 10.9. The molecule has 6 heteroatoms. The topological polar surface area (TPSA) is 109 Å². The van der Waals surface area contributed by atoms with Crippen LogP contribution < -0.4 is 10.8 Å². The lowest BCUT2D eigenvalue weighted by Crippen LogP contribution is -2.17. The van der Waals surface area contributed by atoms with E-state index in [0.29, 0.717) is 6.54 Å². The van der Waals surface area contributed by atoms with Crippen LogP contribution in [0.2, 0.25) is 0 Å². The summed E-state index contributed by atoms with van der Waals surface area (Å²) in [6.07, 6.45) is 3.96. The number of benzene rings is 2. The summed E-state index contributed by atoms with van der Waals surface area (Å²) in [5, 5.41) is 13.3. The van der Waals surface area contributed by atoms with Crippen molar-refractivity contribution in [2.45, 2.75) is 19.9 Å². The van der Waals surface area contributed by atoms with Crippen LogP contribution in [0.1, 0.15) is 22.4 Å². The van der Waals surface area contributed by atoms with Gasteiger partial charge >= 0.3 is 0 Å². The molecule has 1 heterocycles. The molecule has 0 aliphatic carbocycles. The van der Waals surface area contributed by atoms with Crippen molar-refractivity contribution in [2.75, 3.05) is 6.54 Å². The fraction of sp³-hybridized carbons (Fsp3) is 0.190. The van der Waals surface area contributed by atoms with Crippen LogP contribution in [0.3, 0.4) is 0 Å². The molecule has 1 aromatic heterocycles. The van der Waals surface area contributed by atoms with Gasteiger partial charge in [-0.05, 0) is 48.7 Å². The molecule has 3 aromatic rings. The number of hydrogen-bond donors (Lipinski definition) is 4. The van der Waals surface area contributed by atoms with Crippen LogP contribution in [-0.2, 0) is 17.8 Å². The van der Waals surface area contributed by atoms with Gasteiger partial charge < -0.3 is 15.8 Å². The molecular weight excluding hydrogens is 342 g/mol. The average molecular weight is 367 g/mol. The first kappa shape index (κ1) is 20.4. The van der Waals surface area contributed by atoms with Gasteiger partial charge in [0.05, 0.1) is 0 Å². The van der Waals surface area contributed by atoms with Crippen molar-refractivity contribution in [3.63, 3.8) is 0 Å². The predicted molar refractivity (Wildman–Crippen MR) is 107 cm³/mol. The van der Waals surface area contributed by atoms with Crippen LogP contribution in [0.15, 0.2) is 54.6 Å². The van der Waals surface area contributed by atoms with E-state index in [9.17, 15) is 4.79 Å². The maximum absolute atomic E-state index is 11.2. The molecule has 0 bridgehead atoms. The minimum Gasteiger partial charge on any atom is -0.412 e. The Hall–Kier alpha value is -2.93. The number of amides is 1. The summed E-state index contributed by atoms with van der Waals surface area (Å²) >= 11 is 0. The summed E-state index contributed by atoms with van der Waals surface area (Å²) in [5.74, 6) is -0.539. The number of nitrogens with one attached hydrogen (secondary N) is 3. The van der Waals surface area contributed by atoms with Gasteiger partial charge in [0, 0.05) is 29.2 Å². The Morgan fingerprint density at radius 3 is 2.70 bits per heavy atom. The zero-order valence-electron chi connectivity index (χ0n) is 15.3. The van der Waals surface area contributed by atoms with Crippen molar-refractivity contribution in [1.29, 1.82) is 0 Å². The first-order chi connectivity index (χ1) is 12.7. The Kier molecular flexibility index (Phi) is 7.31. The first-order valence-corrected chi connectivity index (χ1v) is 8.66. The molecule has 6 N–H and O–H groups in total. The van der Waals surface area contributed by atoms with E-state index in [4.69, 9.17) is 5.21 Å². The monoisotopic (exact) mass is 367 g/mol. The second kappa shape index (κ2) is 9.68. The number of rotatable bonds is 7. The quantitative estimate of drug-likeness (QED) is 0.223. The second-order valence-corrected chi connectivity index (χ2v) is 6.21. The van der Waals surface area contributed by atoms with Crippen LogP contribution in [-0.4, -0.2) is 28.1 Å². The molecule has 0 fully saturated rings. The van der Waals surface area contributed by atoms with Crippen molar-refractivity contribution < 1.29 is 15.5 Å². The minimum atomic E-state index is -0.539. The fourth-order valence-corrected chi connectivity index (χ4v) is 3.15. The van der Waals surface area contributed by atoms with Crippen molar-refractivity contribution in [3.8, 4) is 0 Å². The van der Waals surface area contributed by atoms with Gasteiger partial charge in [-0.3, -0.25) is 10.0 Å². The largest absolute Gasteiger partial charge is 0.412 e. The Morgan fingerprint density at radius 2 is 1.89 bits per heavy atom. The summed E-state index contributed by atoms with van der Waals surface area (Å²) in [5.41, 5.74) is 7.39. The molecule has 0 atom stereocenters. The molecule has 0 radical (unpaired) electrons. The third-order valence-corrected chi connectivity index (χ3v) is 4.47. The maximum atomic E-state index is 11.2. The number of aromatic nitrogens is 1. The number of carbonyl (C=O) groups is 1. The van der Waals surface area contributed by atoms with Crippen LogP contribution >= 0.6 is 0 Å². The van der Waals surface area contributed by atoms with Gasteiger partial charge in [-0.15, -0.1) is 0 Å². The Bertz CT molecular complexity index is 931. The van der Waals surface area contributed by atoms with Gasteiger partial charge in [-0.2, -0.15) is 0 Å². The Labute approximate surface area is 158 Å². The summed E-state index contributed by atoms with van der Waals surface area (Å²) in [4.78, 5) is 14.6. The highest BCUT2D eigenvalue weighted by Crippen LogP contribution is 2.22. The summed E-state index contributed by atoms with van der Waals surface area (Å²) in [6, 6.07) is 16.2. The van der Waals surface area contributed by atoms with Crippen LogP contribution in [0.5, 0.6) is 0 Å². The highest BCUT2D eigenvalue weighted by atomic mass is 16.5. The van der Waals surface area contributed by atoms with E-state index in [1.54, 1.807) is 11.6 Å². The molecule has 0 spiro atoms. The van der Waals surface area contributed by atoms with E-state index in [1.807, 2.05) is 30.3 Å². The van der Waals surface area contributed by atoms with E-state index >= 15 is 0 Å². The van der Waals surface area contributed by atoms with Crippen LogP contribution in [0.4, 0.5) is 0 Å². The molecule has 2 aromatic carbocycles. The van der Waals surface area contributed by atoms with Crippen LogP contribution in [0.25, 0.3) is 17.0 Å². The van der Waals surface area contributed by atoms with Crippen molar-refractivity contribution in [3.05, 3.63) is 77.0 Å². The number of H-pyrrole nitrogens is 1. The molecule has 0 aliphatic heterocycles. The number of hydroxylamine groups is 1. The Balaban J connectivity index is 0.00000261. The van der Waals surface area contributed by atoms with E-state index < -0.39 is 5.91 Å². The molecule has 27 heavy (non-hydrogen) atoms. The lowest BCUT2D eigenvalue weighted by molar-refractivity contribution is -0.124. The van der Waals surface area contributed by atoms with E-state index in [2.05, 4.69) is 35.4 Å². The lowest BCUT2D eigenvalue weighted by Gasteiger charge is -2.08. The summed E-state index contributed by atoms with van der Waals surface area (Å²) < 4.78 is 0. The molecule has 142 valence electrons. The number of para-hydroxylation sites is 1. The first-order valence-electron chi connectivity index (χ1n) is 8.66. The summed E-state index contributed by atoms with van der Waals surface area (Å²) in [6.45, 7) is 3.68. The molecule has 1 amide bonds. The lowest BCUT2D eigenvalue weighted by atomic mass is 10.1. The third-order valence-electron chi connectivity index (χ3n) is 4.47. The molecule has 6 nitrogen and oxygen atoms in total. The number of carbonyl (C=O) groups excluding carboxylic acids is 1. The minimum absolute atomic E-state index is 0. The van der Waals surface area contributed by atoms with Crippen molar-refractivity contribution >= 4 is 22.9 Å². The SMILES string of the molecule is Cc1[nH]c2ccccc2c1CCNCc1ccccc1/C=C/C(=O)NO.O. The molecule has 0 saturated heterocycles. The highest BCUT2D eigenvalue weighted by Gasteiger charge is 2.07. The molecule has 0 aliphatic rings. The maximum Gasteiger partial charge on any atom is 0.267 e. The van der Waals surface area contributed by atoms with Crippen LogP contribution in [0, 0.1) is 6.92 Å². The number of fused-ring (bicyclic) bond motifs is 1. The van der Waals surface area contributed by atoms with Gasteiger partial charge in [0.2, 0.25) is 0 Å². The third kappa shape index (κ3) is 5.04. The number of aryl methyl sites for hydroxylation is 1. The second-order valence-electron chi connectivity index (χ2n) is 6.21.